The van der Waals surface area contributed by atoms with Crippen LogP contribution in [0.4, 0.5) is 5.69 Å². The number of hydrogen-bond donors (Lipinski definition) is 2. The number of benzene rings is 2. The van der Waals surface area contributed by atoms with Gasteiger partial charge in [-0.2, -0.15) is 0 Å². The van der Waals surface area contributed by atoms with Crippen molar-refractivity contribution in [3.8, 4) is 0 Å². The van der Waals surface area contributed by atoms with Gasteiger partial charge in [0.05, 0.1) is 11.2 Å². The van der Waals surface area contributed by atoms with Crippen LogP contribution in [0.25, 0.3) is 10.9 Å². The number of rotatable bonds is 2. The van der Waals surface area contributed by atoms with E-state index in [1.165, 1.54) is 11.1 Å². The number of halogens is 1. The van der Waals surface area contributed by atoms with Crippen molar-refractivity contribution in [2.75, 3.05) is 5.32 Å². The zero-order valence-corrected chi connectivity index (χ0v) is 13.5. The van der Waals surface area contributed by atoms with E-state index >= 15 is 0 Å². The molecule has 1 aliphatic carbocycles. The summed E-state index contributed by atoms with van der Waals surface area (Å²) in [5.74, 6) is 0.101. The summed E-state index contributed by atoms with van der Waals surface area (Å²) in [5.41, 5.74) is 4.38. The van der Waals surface area contributed by atoms with Crippen LogP contribution in [0.5, 0.6) is 0 Å². The van der Waals surface area contributed by atoms with Gasteiger partial charge < -0.3 is 10.3 Å². The number of amides is 1. The van der Waals surface area contributed by atoms with E-state index in [0.717, 1.165) is 33.9 Å². The highest BCUT2D eigenvalue weighted by Crippen LogP contribution is 2.30. The van der Waals surface area contributed by atoms with E-state index in [4.69, 9.17) is 0 Å². The van der Waals surface area contributed by atoms with Crippen LogP contribution in [0.15, 0.2) is 53.1 Å². The van der Waals surface area contributed by atoms with Crippen LogP contribution < -0.4 is 5.32 Å². The Kier molecular flexibility index (Phi) is 3.26. The summed E-state index contributed by atoms with van der Waals surface area (Å²) in [6.45, 7) is 0. The molecule has 1 amide bonds. The Morgan fingerprint density at radius 3 is 2.91 bits per heavy atom. The summed E-state index contributed by atoms with van der Waals surface area (Å²) in [6.07, 6.45) is 3.51. The Balaban J connectivity index is 1.55. The second-order valence-corrected chi connectivity index (χ2v) is 6.67. The zero-order valence-electron chi connectivity index (χ0n) is 11.9. The molecule has 2 N–H and O–H groups in total. The smallest absolute Gasteiger partial charge is 0.228 e. The van der Waals surface area contributed by atoms with Gasteiger partial charge in [-0.05, 0) is 48.2 Å². The van der Waals surface area contributed by atoms with Gasteiger partial charge in [0.15, 0.2) is 0 Å². The lowest BCUT2D eigenvalue weighted by molar-refractivity contribution is -0.119. The number of aromatic nitrogens is 1. The molecule has 0 fully saturated rings. The second kappa shape index (κ2) is 5.29. The van der Waals surface area contributed by atoms with Gasteiger partial charge in [-0.25, -0.2) is 0 Å². The van der Waals surface area contributed by atoms with Gasteiger partial charge in [-0.15, -0.1) is 0 Å². The summed E-state index contributed by atoms with van der Waals surface area (Å²) >= 11 is 3.49. The van der Waals surface area contributed by atoms with Crippen LogP contribution in [0.1, 0.15) is 11.1 Å². The van der Waals surface area contributed by atoms with Crippen molar-refractivity contribution in [2.24, 2.45) is 5.92 Å². The molecule has 1 aromatic heterocycles. The molecule has 3 nitrogen and oxygen atoms in total. The van der Waals surface area contributed by atoms with Gasteiger partial charge in [0, 0.05) is 22.0 Å². The second-order valence-electron chi connectivity index (χ2n) is 5.75. The van der Waals surface area contributed by atoms with E-state index < -0.39 is 0 Å². The molecular formula is C18H15BrN2O. The normalized spacial score (nSPS) is 16.7. The molecule has 3 aromatic rings. The van der Waals surface area contributed by atoms with E-state index in [9.17, 15) is 4.79 Å². The van der Waals surface area contributed by atoms with E-state index in [-0.39, 0.29) is 11.8 Å². The largest absolute Gasteiger partial charge is 0.359 e. The lowest BCUT2D eigenvalue weighted by Crippen LogP contribution is -2.23. The molecule has 0 radical (unpaired) electrons. The summed E-state index contributed by atoms with van der Waals surface area (Å²) < 4.78 is 1.07. The Hall–Kier alpha value is -2.07. The first-order valence-electron chi connectivity index (χ1n) is 7.35. The standard InChI is InChI=1S/C18H15BrN2O/c19-15-5-4-12-8-14(9-13(12)10-15)18(22)21-16-3-1-2-11-6-7-20-17(11)16/h1-7,10,14,20H,8-9H2,(H,21,22). The minimum Gasteiger partial charge on any atom is -0.359 e. The number of fused-ring (bicyclic) bond motifs is 2. The number of aromatic amines is 1. The van der Waals surface area contributed by atoms with Crippen LogP contribution in [0.2, 0.25) is 0 Å². The number of H-pyrrole nitrogens is 1. The van der Waals surface area contributed by atoms with Crippen LogP contribution in [0.3, 0.4) is 0 Å². The number of para-hydroxylation sites is 1. The third-order valence-electron chi connectivity index (χ3n) is 4.32. The fourth-order valence-electron chi connectivity index (χ4n) is 3.20. The SMILES string of the molecule is O=C(Nc1cccc2cc[nH]c12)C1Cc2ccc(Br)cc2C1. The average Bonchev–Trinajstić information content (AvgIpc) is 3.13. The molecule has 22 heavy (non-hydrogen) atoms. The van der Waals surface area contributed by atoms with Gasteiger partial charge in [0.25, 0.3) is 0 Å². The van der Waals surface area contributed by atoms with Crippen LogP contribution in [-0.4, -0.2) is 10.9 Å². The molecule has 0 saturated carbocycles. The maximum absolute atomic E-state index is 12.6. The highest BCUT2D eigenvalue weighted by molar-refractivity contribution is 9.10. The van der Waals surface area contributed by atoms with E-state index in [2.05, 4.69) is 38.4 Å². The fourth-order valence-corrected chi connectivity index (χ4v) is 3.60. The molecule has 0 bridgehead atoms. The molecule has 0 spiro atoms. The predicted molar refractivity (Wildman–Crippen MR) is 92.0 cm³/mol. The lowest BCUT2D eigenvalue weighted by atomic mass is 10.1. The van der Waals surface area contributed by atoms with Crippen molar-refractivity contribution in [2.45, 2.75) is 12.8 Å². The van der Waals surface area contributed by atoms with E-state index in [1.807, 2.05) is 36.5 Å². The third kappa shape index (κ3) is 2.33. The molecule has 4 rings (SSSR count). The van der Waals surface area contributed by atoms with Gasteiger partial charge in [0.1, 0.15) is 0 Å². The summed E-state index contributed by atoms with van der Waals surface area (Å²) in [5, 5.41) is 4.19. The van der Waals surface area contributed by atoms with Crippen LogP contribution >= 0.6 is 15.9 Å². The minimum absolute atomic E-state index is 0.00881. The molecule has 0 aliphatic heterocycles. The van der Waals surface area contributed by atoms with Crippen molar-refractivity contribution in [1.82, 2.24) is 4.98 Å². The van der Waals surface area contributed by atoms with Crippen molar-refractivity contribution < 1.29 is 4.79 Å². The Labute approximate surface area is 136 Å². The molecule has 110 valence electrons. The van der Waals surface area contributed by atoms with E-state index in [0.29, 0.717) is 0 Å². The maximum atomic E-state index is 12.6. The predicted octanol–water partition coefficient (Wildman–Crippen LogP) is 4.28. The van der Waals surface area contributed by atoms with Crippen molar-refractivity contribution in [3.05, 3.63) is 64.3 Å². The van der Waals surface area contributed by atoms with Gasteiger partial charge in [0.2, 0.25) is 5.91 Å². The fraction of sp³-hybridized carbons (Fsp3) is 0.167. The molecule has 0 saturated heterocycles. The maximum Gasteiger partial charge on any atom is 0.228 e. The topological polar surface area (TPSA) is 44.9 Å². The summed E-state index contributed by atoms with van der Waals surface area (Å²) in [6, 6.07) is 14.2. The monoisotopic (exact) mass is 354 g/mol. The first-order chi connectivity index (χ1) is 10.7. The highest BCUT2D eigenvalue weighted by atomic mass is 79.9. The van der Waals surface area contributed by atoms with Crippen molar-refractivity contribution in [1.29, 1.82) is 0 Å². The lowest BCUT2D eigenvalue weighted by Gasteiger charge is -2.11. The Morgan fingerprint density at radius 2 is 2.00 bits per heavy atom. The Morgan fingerprint density at radius 1 is 1.14 bits per heavy atom. The number of nitrogens with one attached hydrogen (secondary N) is 2. The molecule has 1 unspecified atom stereocenters. The highest BCUT2D eigenvalue weighted by Gasteiger charge is 2.27. The molecule has 1 atom stereocenters. The van der Waals surface area contributed by atoms with Crippen LogP contribution in [-0.2, 0) is 17.6 Å². The third-order valence-corrected chi connectivity index (χ3v) is 4.81. The first kappa shape index (κ1) is 13.6. The van der Waals surface area contributed by atoms with Gasteiger partial charge >= 0.3 is 0 Å². The Bertz CT molecular complexity index is 868. The molecule has 1 aliphatic rings. The molecule has 2 aromatic carbocycles. The van der Waals surface area contributed by atoms with Crippen molar-refractivity contribution in [3.63, 3.8) is 0 Å². The number of hydrogen-bond acceptors (Lipinski definition) is 1. The zero-order chi connectivity index (χ0) is 15.1. The number of carbonyl (C=O) groups is 1. The quantitative estimate of drug-likeness (QED) is 0.708. The van der Waals surface area contributed by atoms with Gasteiger partial charge in [-0.3, -0.25) is 4.79 Å². The van der Waals surface area contributed by atoms with E-state index in [1.54, 1.807) is 0 Å². The molecule has 1 heterocycles. The molecule has 4 heteroatoms. The average molecular weight is 355 g/mol. The summed E-state index contributed by atoms with van der Waals surface area (Å²) in [7, 11) is 0. The summed E-state index contributed by atoms with van der Waals surface area (Å²) in [4.78, 5) is 15.8. The number of anilines is 1. The minimum atomic E-state index is 0.00881. The number of carbonyl (C=O) groups excluding carboxylic acids is 1. The molecular weight excluding hydrogens is 340 g/mol. The van der Waals surface area contributed by atoms with Crippen molar-refractivity contribution >= 4 is 38.4 Å². The van der Waals surface area contributed by atoms with Crippen LogP contribution in [0, 0.1) is 5.92 Å². The first-order valence-corrected chi connectivity index (χ1v) is 8.14. The van der Waals surface area contributed by atoms with Gasteiger partial charge in [-0.1, -0.05) is 34.1 Å².